The van der Waals surface area contributed by atoms with E-state index in [9.17, 15) is 28.1 Å². The van der Waals surface area contributed by atoms with Gasteiger partial charge >= 0.3 is 0 Å². The molecule has 3 aromatic carbocycles. The van der Waals surface area contributed by atoms with Gasteiger partial charge in [0.05, 0.1) is 30.2 Å². The number of anilines is 1. The summed E-state index contributed by atoms with van der Waals surface area (Å²) >= 11 is 0. The van der Waals surface area contributed by atoms with Crippen LogP contribution in [0.3, 0.4) is 0 Å². The number of nitrogens with zero attached hydrogens (tertiary/aromatic N) is 1. The minimum absolute atomic E-state index is 0.0324. The molecule has 9 nitrogen and oxygen atoms in total. The third-order valence-corrected chi connectivity index (χ3v) is 6.41. The molecule has 4 rings (SSSR count). The van der Waals surface area contributed by atoms with E-state index in [4.69, 9.17) is 4.74 Å². The lowest BCUT2D eigenvalue weighted by Gasteiger charge is -2.20. The Hall–Kier alpha value is -3.77. The van der Waals surface area contributed by atoms with Crippen molar-refractivity contribution >= 4 is 26.6 Å². The Kier molecular flexibility index (Phi) is 8.42. The molecule has 1 heterocycles. The number of aliphatic hydroxyl groups excluding tert-OH is 2. The highest BCUT2D eigenvalue weighted by Gasteiger charge is 2.16. The van der Waals surface area contributed by atoms with Crippen LogP contribution in [-0.4, -0.2) is 54.2 Å². The van der Waals surface area contributed by atoms with E-state index >= 15 is 0 Å². The normalized spacial score (nSPS) is 13.3. The molecule has 0 aliphatic rings. The summed E-state index contributed by atoms with van der Waals surface area (Å²) in [6.07, 6.45) is 2.00. The Morgan fingerprint density at radius 3 is 2.53 bits per heavy atom. The standard InChI is InChI=1S/C27H28FN3O6S/c1-38(35,36)31-24-13-18(4-9-25(24)33)26(34)15-30-20(16-32)12-17-2-6-21(7-3-17)37-27-10-11-29-23-8-5-19(28)14-22(23)27/h2-11,13-14,20,26,30-34H,12,15-16H2,1H3/t20-,26-/m0/s1. The number of pyridine rings is 1. The molecule has 0 radical (unpaired) electrons. The zero-order chi connectivity index (χ0) is 27.3. The molecule has 0 spiro atoms. The molecule has 0 aliphatic heterocycles. The first-order valence-corrected chi connectivity index (χ1v) is 13.6. The van der Waals surface area contributed by atoms with Crippen LogP contribution < -0.4 is 14.8 Å². The number of ether oxygens (including phenoxy) is 1. The highest BCUT2D eigenvalue weighted by Crippen LogP contribution is 2.30. The molecule has 0 fully saturated rings. The van der Waals surface area contributed by atoms with Gasteiger partial charge < -0.3 is 25.4 Å². The van der Waals surface area contributed by atoms with Gasteiger partial charge in [-0.15, -0.1) is 0 Å². The Bertz CT molecular complexity index is 1520. The number of sulfonamides is 1. The van der Waals surface area contributed by atoms with Crippen molar-refractivity contribution in [3.05, 3.63) is 89.9 Å². The van der Waals surface area contributed by atoms with E-state index in [0.717, 1.165) is 11.8 Å². The molecule has 4 aromatic rings. The Morgan fingerprint density at radius 1 is 1.05 bits per heavy atom. The number of hydrogen-bond acceptors (Lipinski definition) is 8. The summed E-state index contributed by atoms with van der Waals surface area (Å²) in [6.45, 7) is -0.100. The first kappa shape index (κ1) is 27.3. The number of aromatic nitrogens is 1. The predicted molar refractivity (Wildman–Crippen MR) is 142 cm³/mol. The lowest BCUT2D eigenvalue weighted by molar-refractivity contribution is 0.158. The topological polar surface area (TPSA) is 141 Å². The van der Waals surface area contributed by atoms with E-state index in [1.165, 1.54) is 30.3 Å². The smallest absolute Gasteiger partial charge is 0.229 e. The van der Waals surface area contributed by atoms with Gasteiger partial charge in [0.1, 0.15) is 23.1 Å². The molecule has 0 amide bonds. The van der Waals surface area contributed by atoms with Crippen LogP contribution in [0.25, 0.3) is 10.9 Å². The molecule has 2 atom stereocenters. The number of benzene rings is 3. The predicted octanol–water partition coefficient (Wildman–Crippen LogP) is 3.47. The molecule has 11 heteroatoms. The highest BCUT2D eigenvalue weighted by molar-refractivity contribution is 7.92. The summed E-state index contributed by atoms with van der Waals surface area (Å²) in [5.74, 6) is 0.398. The molecule has 1 aromatic heterocycles. The number of nitrogens with one attached hydrogen (secondary N) is 2. The lowest BCUT2D eigenvalue weighted by atomic mass is 10.0. The number of halogens is 1. The number of aromatic hydroxyl groups is 1. The van der Waals surface area contributed by atoms with E-state index < -0.39 is 16.1 Å². The maximum Gasteiger partial charge on any atom is 0.229 e. The van der Waals surface area contributed by atoms with Gasteiger partial charge in [0.25, 0.3) is 0 Å². The van der Waals surface area contributed by atoms with Crippen molar-refractivity contribution < 1.29 is 32.9 Å². The van der Waals surface area contributed by atoms with Gasteiger partial charge in [-0.25, -0.2) is 12.8 Å². The van der Waals surface area contributed by atoms with Gasteiger partial charge in [0, 0.05) is 24.2 Å². The summed E-state index contributed by atoms with van der Waals surface area (Å²) in [5.41, 5.74) is 1.89. The van der Waals surface area contributed by atoms with Gasteiger partial charge in [-0.05, 0) is 66.1 Å². The molecule has 200 valence electrons. The van der Waals surface area contributed by atoms with Crippen LogP contribution in [0, 0.1) is 5.82 Å². The molecule has 0 unspecified atom stereocenters. The van der Waals surface area contributed by atoms with Crippen LogP contribution in [0.4, 0.5) is 10.1 Å². The fraction of sp³-hybridized carbons (Fsp3) is 0.222. The van der Waals surface area contributed by atoms with Crippen molar-refractivity contribution in [2.75, 3.05) is 24.1 Å². The third kappa shape index (κ3) is 7.17. The minimum Gasteiger partial charge on any atom is -0.506 e. The molecule has 0 saturated carbocycles. The largest absolute Gasteiger partial charge is 0.506 e. The van der Waals surface area contributed by atoms with Crippen molar-refractivity contribution in [3.63, 3.8) is 0 Å². The second-order valence-electron chi connectivity index (χ2n) is 8.88. The summed E-state index contributed by atoms with van der Waals surface area (Å²) in [6, 6.07) is 17.0. The number of aliphatic hydroxyl groups is 2. The first-order valence-electron chi connectivity index (χ1n) is 11.8. The average Bonchev–Trinajstić information content (AvgIpc) is 2.88. The SMILES string of the molecule is CS(=O)(=O)Nc1cc([C@@H](O)CN[C@H](CO)Cc2ccc(Oc3ccnc4ccc(F)cc34)cc2)ccc1O. The van der Waals surface area contributed by atoms with Crippen LogP contribution in [-0.2, 0) is 16.4 Å². The van der Waals surface area contributed by atoms with Crippen LogP contribution in [0.1, 0.15) is 17.2 Å². The summed E-state index contributed by atoms with van der Waals surface area (Å²) < 4.78 is 44.8. The third-order valence-electron chi connectivity index (χ3n) is 5.82. The van der Waals surface area contributed by atoms with Crippen molar-refractivity contribution in [2.45, 2.75) is 18.6 Å². The molecule has 0 aliphatic carbocycles. The molecule has 0 saturated heterocycles. The molecule has 5 N–H and O–H groups in total. The summed E-state index contributed by atoms with van der Waals surface area (Å²) in [5, 5.41) is 33.9. The zero-order valence-electron chi connectivity index (χ0n) is 20.5. The average molecular weight is 542 g/mol. The van der Waals surface area contributed by atoms with Gasteiger partial charge in [-0.3, -0.25) is 9.71 Å². The maximum absolute atomic E-state index is 13.7. The Labute approximate surface area is 219 Å². The van der Waals surface area contributed by atoms with Crippen LogP contribution in [0.5, 0.6) is 17.2 Å². The minimum atomic E-state index is -3.61. The van der Waals surface area contributed by atoms with Gasteiger partial charge in [0.15, 0.2) is 0 Å². The fourth-order valence-electron chi connectivity index (χ4n) is 3.93. The van der Waals surface area contributed by atoms with E-state index in [0.29, 0.717) is 34.4 Å². The maximum atomic E-state index is 13.7. The van der Waals surface area contributed by atoms with E-state index in [-0.39, 0.29) is 36.4 Å². The second kappa shape index (κ2) is 11.7. The number of fused-ring (bicyclic) bond motifs is 1. The summed E-state index contributed by atoms with van der Waals surface area (Å²) in [4.78, 5) is 4.22. The number of hydrogen-bond donors (Lipinski definition) is 5. The highest BCUT2D eigenvalue weighted by atomic mass is 32.2. The number of phenols is 1. The van der Waals surface area contributed by atoms with Gasteiger partial charge in [-0.1, -0.05) is 18.2 Å². The molecular weight excluding hydrogens is 513 g/mol. The summed E-state index contributed by atoms with van der Waals surface area (Å²) in [7, 11) is -3.61. The van der Waals surface area contributed by atoms with Crippen molar-refractivity contribution in [2.24, 2.45) is 0 Å². The van der Waals surface area contributed by atoms with Gasteiger partial charge in [-0.2, -0.15) is 0 Å². The number of phenolic OH excluding ortho intramolecular Hbond substituents is 1. The van der Waals surface area contributed by atoms with Crippen molar-refractivity contribution in [1.29, 1.82) is 0 Å². The first-order chi connectivity index (χ1) is 18.1. The van der Waals surface area contributed by atoms with Crippen molar-refractivity contribution in [1.82, 2.24) is 10.3 Å². The van der Waals surface area contributed by atoms with Crippen molar-refractivity contribution in [3.8, 4) is 17.2 Å². The van der Waals surface area contributed by atoms with E-state index in [1.54, 1.807) is 30.5 Å². The number of rotatable bonds is 11. The van der Waals surface area contributed by atoms with E-state index in [1.807, 2.05) is 12.1 Å². The molecule has 38 heavy (non-hydrogen) atoms. The lowest BCUT2D eigenvalue weighted by Crippen LogP contribution is -2.37. The van der Waals surface area contributed by atoms with Crippen LogP contribution >= 0.6 is 0 Å². The van der Waals surface area contributed by atoms with Crippen LogP contribution in [0.15, 0.2) is 72.9 Å². The Morgan fingerprint density at radius 2 is 1.82 bits per heavy atom. The van der Waals surface area contributed by atoms with Crippen LogP contribution in [0.2, 0.25) is 0 Å². The Balaban J connectivity index is 1.36. The second-order valence-corrected chi connectivity index (χ2v) is 10.6. The zero-order valence-corrected chi connectivity index (χ0v) is 21.3. The monoisotopic (exact) mass is 541 g/mol. The molecular formula is C27H28FN3O6S. The fourth-order valence-corrected chi connectivity index (χ4v) is 4.49. The van der Waals surface area contributed by atoms with E-state index in [2.05, 4.69) is 15.0 Å². The van der Waals surface area contributed by atoms with Gasteiger partial charge in [0.2, 0.25) is 10.0 Å². The molecule has 0 bridgehead atoms. The quantitative estimate of drug-likeness (QED) is 0.182.